The highest BCUT2D eigenvalue weighted by Gasteiger charge is 2.51. The van der Waals surface area contributed by atoms with Gasteiger partial charge in [-0.2, -0.15) is 0 Å². The highest BCUT2D eigenvalue weighted by Crippen LogP contribution is 2.60. The Labute approximate surface area is 142 Å². The van der Waals surface area contributed by atoms with E-state index in [1.54, 1.807) is 0 Å². The average molecular weight is 371 g/mol. The van der Waals surface area contributed by atoms with Crippen LogP contribution in [0.15, 0.2) is 39.7 Å². The van der Waals surface area contributed by atoms with Gasteiger partial charge in [0.05, 0.1) is 38.3 Å². The summed E-state index contributed by atoms with van der Waals surface area (Å²) in [6, 6.07) is 0. The zero-order chi connectivity index (χ0) is 18.2. The first kappa shape index (κ1) is 17.8. The van der Waals surface area contributed by atoms with Crippen LogP contribution in [0.1, 0.15) is 0 Å². The molecule has 11 heteroatoms. The molecule has 2 bridgehead atoms. The van der Waals surface area contributed by atoms with Crippen molar-refractivity contribution in [3.63, 3.8) is 0 Å². The van der Waals surface area contributed by atoms with Crippen LogP contribution in [0.2, 0.25) is 0 Å². The van der Waals surface area contributed by atoms with Crippen LogP contribution < -0.4 is 17.1 Å². The number of hydrogen-bond acceptors (Lipinski definition) is 7. The van der Waals surface area contributed by atoms with Crippen LogP contribution in [0.5, 0.6) is 0 Å². The Morgan fingerprint density at radius 2 is 1.28 bits per heavy atom. The van der Waals surface area contributed by atoms with E-state index in [0.717, 1.165) is 13.7 Å². The molecular weight excluding hydrogens is 353 g/mol. The highest BCUT2D eigenvalue weighted by molar-refractivity contribution is 7.48. The molecule has 4 heterocycles. The summed E-state index contributed by atoms with van der Waals surface area (Å²) in [5.74, 6) is 0. The van der Waals surface area contributed by atoms with Crippen LogP contribution in [0.4, 0.5) is 0 Å². The number of hydrogen-bond donors (Lipinski definition) is 0. The van der Waals surface area contributed by atoms with Crippen molar-refractivity contribution in [3.8, 4) is 0 Å². The van der Waals surface area contributed by atoms with Gasteiger partial charge in [-0.15, -0.1) is 13.2 Å². The largest absolute Gasteiger partial charge is 0.474 e. The van der Waals surface area contributed by atoms with Crippen LogP contribution in [-0.2, 0) is 37.8 Å². The molecule has 136 valence electrons. The summed E-state index contributed by atoms with van der Waals surface area (Å²) in [4.78, 5) is 37.6. The second kappa shape index (κ2) is 6.38. The summed E-state index contributed by atoms with van der Waals surface area (Å²) in [6.07, 6.45) is 2.78. The van der Waals surface area contributed by atoms with Crippen LogP contribution in [-0.4, -0.2) is 33.5 Å². The SMILES string of the molecule is C=CCn1c(=O)n(CC=C)c(=O)n(CC23COP(=O)(OC2)OC3)c1=O. The van der Waals surface area contributed by atoms with Crippen molar-refractivity contribution in [3.05, 3.63) is 56.8 Å². The monoisotopic (exact) mass is 371 g/mol. The second-order valence-corrected chi connectivity index (χ2v) is 7.67. The maximum atomic E-state index is 12.6. The number of phosphoric acid groups is 1. The number of fused-ring (bicyclic) bond motifs is 3. The minimum Gasteiger partial charge on any atom is -0.286 e. The fourth-order valence-corrected chi connectivity index (χ4v) is 4.27. The molecule has 1 aromatic rings. The van der Waals surface area contributed by atoms with Gasteiger partial charge in [0.15, 0.2) is 0 Å². The Bertz CT molecular complexity index is 862. The number of allylic oxidation sites excluding steroid dienone is 2. The van der Waals surface area contributed by atoms with Gasteiger partial charge in [0.1, 0.15) is 0 Å². The van der Waals surface area contributed by atoms with Crippen molar-refractivity contribution >= 4 is 7.82 Å². The third-order valence-electron chi connectivity index (χ3n) is 4.09. The Morgan fingerprint density at radius 1 is 0.880 bits per heavy atom. The summed E-state index contributed by atoms with van der Waals surface area (Å²) in [5, 5.41) is 0. The molecule has 3 aliphatic heterocycles. The number of rotatable bonds is 6. The maximum Gasteiger partial charge on any atom is 0.474 e. The molecule has 4 rings (SSSR count). The van der Waals surface area contributed by atoms with E-state index in [0.29, 0.717) is 0 Å². The van der Waals surface area contributed by atoms with Crippen molar-refractivity contribution in [2.24, 2.45) is 5.41 Å². The van der Waals surface area contributed by atoms with E-state index in [1.807, 2.05) is 0 Å². The van der Waals surface area contributed by atoms with E-state index in [4.69, 9.17) is 13.6 Å². The van der Waals surface area contributed by atoms with E-state index in [9.17, 15) is 18.9 Å². The van der Waals surface area contributed by atoms with Crippen LogP contribution >= 0.6 is 7.82 Å². The number of phosphoric ester groups is 1. The molecule has 0 radical (unpaired) electrons. The van der Waals surface area contributed by atoms with E-state index >= 15 is 0 Å². The summed E-state index contributed by atoms with van der Waals surface area (Å²) in [6.45, 7) is 6.94. The summed E-state index contributed by atoms with van der Waals surface area (Å²) >= 11 is 0. The van der Waals surface area contributed by atoms with Crippen LogP contribution in [0.25, 0.3) is 0 Å². The van der Waals surface area contributed by atoms with Crippen molar-refractivity contribution in [2.45, 2.75) is 19.6 Å². The smallest absolute Gasteiger partial charge is 0.286 e. The van der Waals surface area contributed by atoms with Gasteiger partial charge in [0.2, 0.25) is 0 Å². The van der Waals surface area contributed by atoms with Gasteiger partial charge in [-0.3, -0.25) is 13.6 Å². The van der Waals surface area contributed by atoms with E-state index in [2.05, 4.69) is 13.2 Å². The third-order valence-corrected chi connectivity index (χ3v) is 5.42. The zero-order valence-corrected chi connectivity index (χ0v) is 14.4. The molecule has 25 heavy (non-hydrogen) atoms. The van der Waals surface area contributed by atoms with Gasteiger partial charge in [-0.05, 0) is 0 Å². The zero-order valence-electron chi connectivity index (χ0n) is 13.5. The Balaban J connectivity index is 2.09. The van der Waals surface area contributed by atoms with Gasteiger partial charge in [-0.25, -0.2) is 32.6 Å². The molecule has 0 spiro atoms. The average Bonchev–Trinajstić information content (AvgIpc) is 2.61. The third kappa shape index (κ3) is 3.02. The fraction of sp³-hybridized carbons (Fsp3) is 0.500. The van der Waals surface area contributed by atoms with Crippen molar-refractivity contribution in [1.82, 2.24) is 13.7 Å². The Kier molecular flexibility index (Phi) is 4.54. The molecule has 0 amide bonds. The van der Waals surface area contributed by atoms with Crippen LogP contribution in [0.3, 0.4) is 0 Å². The molecule has 0 atom stereocenters. The van der Waals surface area contributed by atoms with Gasteiger partial charge in [-0.1, -0.05) is 12.2 Å². The van der Waals surface area contributed by atoms with Gasteiger partial charge in [0, 0.05) is 6.54 Å². The van der Waals surface area contributed by atoms with Gasteiger partial charge in [0.25, 0.3) is 0 Å². The standard InChI is InChI=1S/C14H18N3O7P/c1-3-5-15-11(18)16(6-4-2)13(20)17(12(15)19)7-14-8-22-25(21,23-9-14)24-10-14/h3-4H,1-2,5-10H2. The predicted octanol–water partition coefficient (Wildman–Crippen LogP) is -0.285. The van der Waals surface area contributed by atoms with Gasteiger partial charge >= 0.3 is 24.9 Å². The molecule has 10 nitrogen and oxygen atoms in total. The summed E-state index contributed by atoms with van der Waals surface area (Å²) in [5.41, 5.74) is -3.09. The molecular formula is C14H18N3O7P. The van der Waals surface area contributed by atoms with Crippen LogP contribution in [0, 0.1) is 5.41 Å². The van der Waals surface area contributed by atoms with Gasteiger partial charge < -0.3 is 0 Å². The topological polar surface area (TPSA) is 111 Å². The maximum absolute atomic E-state index is 12.6. The quantitative estimate of drug-likeness (QED) is 0.499. The van der Waals surface area contributed by atoms with Crippen molar-refractivity contribution < 1.29 is 18.1 Å². The first-order valence-corrected chi connectivity index (χ1v) is 9.01. The molecule has 0 N–H and O–H groups in total. The summed E-state index contributed by atoms with van der Waals surface area (Å²) < 4.78 is 29.8. The summed E-state index contributed by atoms with van der Waals surface area (Å²) in [7, 11) is -3.50. The first-order chi connectivity index (χ1) is 11.8. The van der Waals surface area contributed by atoms with Crippen molar-refractivity contribution in [1.29, 1.82) is 0 Å². The van der Waals surface area contributed by atoms with Crippen molar-refractivity contribution in [2.75, 3.05) is 19.8 Å². The molecule has 0 aliphatic carbocycles. The molecule has 3 fully saturated rings. The molecule has 3 aliphatic rings. The lowest BCUT2D eigenvalue weighted by Crippen LogP contribution is -2.58. The normalized spacial score (nSPS) is 28.0. The number of aromatic nitrogens is 3. The molecule has 0 aromatic carbocycles. The first-order valence-electron chi connectivity index (χ1n) is 7.55. The second-order valence-electron chi connectivity index (χ2n) is 6.00. The van der Waals surface area contributed by atoms with E-state index in [1.165, 1.54) is 12.2 Å². The number of nitrogens with zero attached hydrogens (tertiary/aromatic N) is 3. The lowest BCUT2D eigenvalue weighted by Gasteiger charge is -2.44. The Morgan fingerprint density at radius 3 is 1.68 bits per heavy atom. The lowest BCUT2D eigenvalue weighted by atomic mass is 9.91. The highest BCUT2D eigenvalue weighted by atomic mass is 31.2. The molecule has 0 saturated carbocycles. The van der Waals surface area contributed by atoms with E-state index < -0.39 is 30.3 Å². The molecule has 0 unspecified atom stereocenters. The Hall–Kier alpha value is -2.00. The molecule has 3 saturated heterocycles. The minimum atomic E-state index is -3.50. The molecule has 1 aromatic heterocycles. The fourth-order valence-electron chi connectivity index (χ4n) is 2.75. The minimum absolute atomic E-state index is 0.0260. The lowest BCUT2D eigenvalue weighted by molar-refractivity contribution is -0.102. The van der Waals surface area contributed by atoms with E-state index in [-0.39, 0.29) is 39.5 Å². The predicted molar refractivity (Wildman–Crippen MR) is 87.5 cm³/mol.